The number of nitrogen functional groups attached to an aromatic ring is 1. The average molecular weight is 208 g/mol. The Kier molecular flexibility index (Phi) is 3.03. The Bertz CT molecular complexity index is 331. The Hall–Kier alpha value is -1.33. The number of pyridine rings is 1. The average Bonchev–Trinajstić information content (AvgIpc) is 2.77. The molecule has 1 atom stereocenters. The highest BCUT2D eigenvalue weighted by Gasteiger charge is 2.24. The summed E-state index contributed by atoms with van der Waals surface area (Å²) in [6, 6.07) is 5.86. The summed E-state index contributed by atoms with van der Waals surface area (Å²) in [5.74, 6) is 6.83. The van der Waals surface area contributed by atoms with Gasteiger partial charge in [0.25, 0.3) is 0 Å². The third-order valence-corrected chi connectivity index (χ3v) is 2.76. The van der Waals surface area contributed by atoms with Crippen molar-refractivity contribution in [3.8, 4) is 0 Å². The van der Waals surface area contributed by atoms with E-state index < -0.39 is 0 Å². The number of nitrogens with two attached hydrogens (primary N) is 1. The third kappa shape index (κ3) is 2.03. The van der Waals surface area contributed by atoms with Crippen molar-refractivity contribution in [2.75, 3.05) is 23.5 Å². The second-order valence-corrected chi connectivity index (χ2v) is 3.70. The molecule has 5 heteroatoms. The van der Waals surface area contributed by atoms with Gasteiger partial charge in [0.05, 0.1) is 12.6 Å². The molecule has 1 aromatic rings. The number of rotatable bonds is 3. The van der Waals surface area contributed by atoms with Crippen LogP contribution in [-0.4, -0.2) is 29.3 Å². The number of aliphatic hydroxyl groups excluding tert-OH is 1. The number of hydrogen-bond donors (Lipinski definition) is 3. The van der Waals surface area contributed by atoms with Crippen molar-refractivity contribution in [3.63, 3.8) is 0 Å². The second kappa shape index (κ2) is 4.46. The van der Waals surface area contributed by atoms with E-state index in [1.54, 1.807) is 0 Å². The lowest BCUT2D eigenvalue weighted by atomic mass is 10.2. The van der Waals surface area contributed by atoms with Crippen molar-refractivity contribution < 1.29 is 5.11 Å². The number of aromatic nitrogens is 1. The van der Waals surface area contributed by atoms with E-state index in [0.29, 0.717) is 5.82 Å². The first-order valence-electron chi connectivity index (χ1n) is 5.16. The number of anilines is 2. The lowest BCUT2D eigenvalue weighted by Crippen LogP contribution is -2.32. The first kappa shape index (κ1) is 10.2. The molecule has 5 nitrogen and oxygen atoms in total. The van der Waals surface area contributed by atoms with E-state index in [9.17, 15) is 5.11 Å². The van der Waals surface area contributed by atoms with Crippen LogP contribution in [0.25, 0.3) is 0 Å². The second-order valence-electron chi connectivity index (χ2n) is 3.70. The number of hydrazine groups is 1. The zero-order valence-electron chi connectivity index (χ0n) is 8.56. The maximum Gasteiger partial charge on any atom is 0.142 e. The number of aliphatic hydroxyl groups is 1. The minimum absolute atomic E-state index is 0.183. The summed E-state index contributed by atoms with van der Waals surface area (Å²) in [4.78, 5) is 6.48. The van der Waals surface area contributed by atoms with E-state index in [2.05, 4.69) is 15.3 Å². The van der Waals surface area contributed by atoms with Crippen LogP contribution in [0.1, 0.15) is 12.8 Å². The van der Waals surface area contributed by atoms with Gasteiger partial charge in [0.2, 0.25) is 0 Å². The number of nitrogens with zero attached hydrogens (tertiary/aromatic N) is 2. The van der Waals surface area contributed by atoms with Gasteiger partial charge in [0, 0.05) is 6.54 Å². The van der Waals surface area contributed by atoms with Gasteiger partial charge in [0.15, 0.2) is 0 Å². The summed E-state index contributed by atoms with van der Waals surface area (Å²) in [7, 11) is 0. The molecule has 1 unspecified atom stereocenters. The molecule has 0 saturated carbocycles. The molecule has 2 rings (SSSR count). The Morgan fingerprint density at radius 1 is 1.60 bits per heavy atom. The number of hydrogen-bond acceptors (Lipinski definition) is 5. The smallest absolute Gasteiger partial charge is 0.142 e. The summed E-state index contributed by atoms with van der Waals surface area (Å²) < 4.78 is 0. The van der Waals surface area contributed by atoms with Crippen molar-refractivity contribution >= 4 is 11.6 Å². The molecular formula is C10H16N4O. The molecule has 1 fully saturated rings. The van der Waals surface area contributed by atoms with E-state index >= 15 is 0 Å². The highest BCUT2D eigenvalue weighted by molar-refractivity contribution is 5.47. The minimum Gasteiger partial charge on any atom is -0.394 e. The fourth-order valence-electron chi connectivity index (χ4n) is 1.99. The molecule has 82 valence electrons. The maximum atomic E-state index is 9.21. The molecule has 0 spiro atoms. The van der Waals surface area contributed by atoms with Gasteiger partial charge in [-0.1, -0.05) is 6.07 Å². The molecule has 0 amide bonds. The molecule has 1 aliphatic heterocycles. The van der Waals surface area contributed by atoms with Crippen LogP contribution in [0.4, 0.5) is 11.6 Å². The molecular weight excluding hydrogens is 192 g/mol. The molecule has 2 heterocycles. The molecule has 0 aromatic carbocycles. The Balaban J connectivity index is 2.20. The van der Waals surface area contributed by atoms with Crippen LogP contribution in [0.2, 0.25) is 0 Å². The number of nitrogens with one attached hydrogen (secondary N) is 1. The van der Waals surface area contributed by atoms with E-state index in [0.717, 1.165) is 25.2 Å². The molecule has 1 aliphatic rings. The zero-order valence-corrected chi connectivity index (χ0v) is 8.56. The largest absolute Gasteiger partial charge is 0.394 e. The molecule has 4 N–H and O–H groups in total. The predicted octanol–water partition coefficient (Wildman–Crippen LogP) is 0.328. The lowest BCUT2D eigenvalue weighted by molar-refractivity contribution is 0.266. The standard InChI is InChI=1S/C10H16N4O/c11-13-9-4-1-5-10(12-9)14-6-2-3-8(14)7-15/h1,4-5,8,15H,2-3,6-7,11H2,(H,12,13). The summed E-state index contributed by atoms with van der Waals surface area (Å²) in [6.07, 6.45) is 2.13. The van der Waals surface area contributed by atoms with E-state index in [-0.39, 0.29) is 12.6 Å². The van der Waals surface area contributed by atoms with Crippen LogP contribution in [0.3, 0.4) is 0 Å². The zero-order chi connectivity index (χ0) is 10.7. The quantitative estimate of drug-likeness (QED) is 0.493. The normalized spacial score (nSPS) is 20.7. The molecule has 0 aliphatic carbocycles. The van der Waals surface area contributed by atoms with Crippen molar-refractivity contribution in [1.82, 2.24) is 4.98 Å². The maximum absolute atomic E-state index is 9.21. The van der Waals surface area contributed by atoms with Crippen molar-refractivity contribution in [2.45, 2.75) is 18.9 Å². The van der Waals surface area contributed by atoms with Gasteiger partial charge >= 0.3 is 0 Å². The first-order chi connectivity index (χ1) is 7.35. The monoisotopic (exact) mass is 208 g/mol. The molecule has 0 radical (unpaired) electrons. The molecule has 15 heavy (non-hydrogen) atoms. The van der Waals surface area contributed by atoms with E-state index in [4.69, 9.17) is 5.84 Å². The van der Waals surface area contributed by atoms with Crippen molar-refractivity contribution in [2.24, 2.45) is 5.84 Å². The van der Waals surface area contributed by atoms with Crippen LogP contribution in [0.5, 0.6) is 0 Å². The third-order valence-electron chi connectivity index (χ3n) is 2.76. The fraction of sp³-hybridized carbons (Fsp3) is 0.500. The van der Waals surface area contributed by atoms with Crippen LogP contribution >= 0.6 is 0 Å². The van der Waals surface area contributed by atoms with Gasteiger partial charge in [0.1, 0.15) is 11.6 Å². The van der Waals surface area contributed by atoms with Gasteiger partial charge in [-0.15, -0.1) is 0 Å². The Morgan fingerprint density at radius 3 is 3.20 bits per heavy atom. The van der Waals surface area contributed by atoms with Crippen molar-refractivity contribution in [3.05, 3.63) is 18.2 Å². The summed E-state index contributed by atoms with van der Waals surface area (Å²) >= 11 is 0. The van der Waals surface area contributed by atoms with Gasteiger partial charge in [-0.3, -0.25) is 0 Å². The van der Waals surface area contributed by atoms with Gasteiger partial charge in [-0.25, -0.2) is 10.8 Å². The van der Waals surface area contributed by atoms with Gasteiger partial charge in [-0.05, 0) is 25.0 Å². The molecule has 0 bridgehead atoms. The van der Waals surface area contributed by atoms with Crippen LogP contribution < -0.4 is 16.2 Å². The highest BCUT2D eigenvalue weighted by atomic mass is 16.3. The van der Waals surface area contributed by atoms with E-state index in [1.807, 2.05) is 18.2 Å². The van der Waals surface area contributed by atoms with Crippen LogP contribution in [0, 0.1) is 0 Å². The Labute approximate surface area is 88.9 Å². The Morgan fingerprint density at radius 2 is 2.47 bits per heavy atom. The van der Waals surface area contributed by atoms with Gasteiger partial charge < -0.3 is 15.4 Å². The highest BCUT2D eigenvalue weighted by Crippen LogP contribution is 2.24. The SMILES string of the molecule is NNc1cccc(N2CCCC2CO)n1. The van der Waals surface area contributed by atoms with Crippen LogP contribution in [0.15, 0.2) is 18.2 Å². The minimum atomic E-state index is 0.183. The summed E-state index contributed by atoms with van der Waals surface area (Å²) in [5, 5.41) is 9.21. The predicted molar refractivity (Wildman–Crippen MR) is 59.5 cm³/mol. The van der Waals surface area contributed by atoms with Gasteiger partial charge in [-0.2, -0.15) is 0 Å². The lowest BCUT2D eigenvalue weighted by Gasteiger charge is -2.24. The van der Waals surface area contributed by atoms with Crippen molar-refractivity contribution in [1.29, 1.82) is 0 Å². The summed E-state index contributed by atoms with van der Waals surface area (Å²) in [6.45, 7) is 1.13. The molecule has 1 aromatic heterocycles. The van der Waals surface area contributed by atoms with Crippen LogP contribution in [-0.2, 0) is 0 Å². The molecule has 1 saturated heterocycles. The topological polar surface area (TPSA) is 74.4 Å². The van der Waals surface area contributed by atoms with E-state index in [1.165, 1.54) is 0 Å². The fourth-order valence-corrected chi connectivity index (χ4v) is 1.99. The summed E-state index contributed by atoms with van der Waals surface area (Å²) in [5.41, 5.74) is 2.52. The first-order valence-corrected chi connectivity index (χ1v) is 5.16.